The average molecular weight is 315 g/mol. The monoisotopic (exact) mass is 314 g/mol. The van der Waals surface area contributed by atoms with Crippen LogP contribution in [0.2, 0.25) is 0 Å². The molecule has 1 rings (SSSR count). The van der Waals surface area contributed by atoms with E-state index >= 15 is 0 Å². The highest BCUT2D eigenvalue weighted by molar-refractivity contribution is 5.85. The molecule has 0 saturated carbocycles. The van der Waals surface area contributed by atoms with Crippen molar-refractivity contribution >= 4 is 18.3 Å². The standard InChI is InChI=1S/C16H26N2O2.ClH/c1-13(9-18-16(19)14(2)10-17-3)11-20-12-15-7-5-4-6-8-15;/h4-8,13-14,17H,9-12H2,1-3H3,(H,18,19);1H. The van der Waals surface area contributed by atoms with E-state index in [9.17, 15) is 4.79 Å². The third-order valence-electron chi connectivity index (χ3n) is 3.10. The fourth-order valence-corrected chi connectivity index (χ4v) is 1.86. The van der Waals surface area contributed by atoms with Gasteiger partial charge in [0.15, 0.2) is 0 Å². The zero-order chi connectivity index (χ0) is 14.8. The van der Waals surface area contributed by atoms with Crippen molar-refractivity contribution in [3.8, 4) is 0 Å². The quantitative estimate of drug-likeness (QED) is 0.735. The van der Waals surface area contributed by atoms with Crippen molar-refractivity contribution in [3.05, 3.63) is 35.9 Å². The Morgan fingerprint density at radius 3 is 2.48 bits per heavy atom. The van der Waals surface area contributed by atoms with Gasteiger partial charge in [0.1, 0.15) is 0 Å². The molecule has 2 atom stereocenters. The maximum Gasteiger partial charge on any atom is 0.224 e. The maximum absolute atomic E-state index is 11.7. The highest BCUT2D eigenvalue weighted by Gasteiger charge is 2.12. The number of nitrogens with one attached hydrogen (secondary N) is 2. The minimum Gasteiger partial charge on any atom is -0.376 e. The van der Waals surface area contributed by atoms with Crippen LogP contribution in [0.5, 0.6) is 0 Å². The van der Waals surface area contributed by atoms with Crippen LogP contribution in [0.1, 0.15) is 19.4 Å². The molecule has 0 aliphatic rings. The van der Waals surface area contributed by atoms with Gasteiger partial charge in [0.05, 0.1) is 13.2 Å². The second kappa shape index (κ2) is 11.5. The molecule has 5 heteroatoms. The van der Waals surface area contributed by atoms with Gasteiger partial charge >= 0.3 is 0 Å². The molecule has 1 aromatic rings. The first-order valence-corrected chi connectivity index (χ1v) is 7.17. The normalized spacial score (nSPS) is 13.1. The van der Waals surface area contributed by atoms with Gasteiger partial charge in [0.2, 0.25) is 5.91 Å². The van der Waals surface area contributed by atoms with Gasteiger partial charge in [0, 0.05) is 19.0 Å². The van der Waals surface area contributed by atoms with Crippen LogP contribution < -0.4 is 10.6 Å². The molecule has 0 saturated heterocycles. The number of carbonyl (C=O) groups excluding carboxylic acids is 1. The van der Waals surface area contributed by atoms with Crippen LogP contribution in [0, 0.1) is 11.8 Å². The Labute approximate surface area is 134 Å². The van der Waals surface area contributed by atoms with Crippen LogP contribution in [0.15, 0.2) is 30.3 Å². The van der Waals surface area contributed by atoms with E-state index in [0.29, 0.717) is 32.2 Å². The lowest BCUT2D eigenvalue weighted by Gasteiger charge is -2.16. The lowest BCUT2D eigenvalue weighted by molar-refractivity contribution is -0.124. The third-order valence-corrected chi connectivity index (χ3v) is 3.10. The number of hydrogen-bond acceptors (Lipinski definition) is 3. The van der Waals surface area contributed by atoms with Crippen molar-refractivity contribution < 1.29 is 9.53 Å². The highest BCUT2D eigenvalue weighted by Crippen LogP contribution is 2.03. The van der Waals surface area contributed by atoms with Crippen LogP contribution in [0.25, 0.3) is 0 Å². The molecule has 1 amide bonds. The molecule has 2 unspecified atom stereocenters. The number of rotatable bonds is 9. The van der Waals surface area contributed by atoms with Gasteiger partial charge in [-0.15, -0.1) is 12.4 Å². The van der Waals surface area contributed by atoms with Crippen molar-refractivity contribution in [2.24, 2.45) is 11.8 Å². The lowest BCUT2D eigenvalue weighted by atomic mass is 10.1. The lowest BCUT2D eigenvalue weighted by Crippen LogP contribution is -2.37. The number of hydrogen-bond donors (Lipinski definition) is 2. The van der Waals surface area contributed by atoms with Gasteiger partial charge in [-0.1, -0.05) is 44.2 Å². The van der Waals surface area contributed by atoms with E-state index in [1.807, 2.05) is 44.3 Å². The summed E-state index contributed by atoms with van der Waals surface area (Å²) in [5, 5.41) is 5.96. The summed E-state index contributed by atoms with van der Waals surface area (Å²) in [6.07, 6.45) is 0. The fraction of sp³-hybridized carbons (Fsp3) is 0.562. The third kappa shape index (κ3) is 8.71. The molecule has 0 aliphatic heterocycles. The molecular weight excluding hydrogens is 288 g/mol. The largest absolute Gasteiger partial charge is 0.376 e. The van der Waals surface area contributed by atoms with Gasteiger partial charge in [-0.3, -0.25) is 4.79 Å². The molecule has 1 aromatic carbocycles. The fourth-order valence-electron chi connectivity index (χ4n) is 1.86. The van der Waals surface area contributed by atoms with Gasteiger partial charge < -0.3 is 15.4 Å². The maximum atomic E-state index is 11.7. The molecule has 0 heterocycles. The molecular formula is C16H27ClN2O2. The Balaban J connectivity index is 0.00000400. The number of ether oxygens (including phenoxy) is 1. The first kappa shape index (κ1) is 19.9. The zero-order valence-electron chi connectivity index (χ0n) is 13.1. The molecule has 0 fully saturated rings. The summed E-state index contributed by atoms with van der Waals surface area (Å²) >= 11 is 0. The summed E-state index contributed by atoms with van der Waals surface area (Å²) in [6.45, 7) is 6.62. The van der Waals surface area contributed by atoms with Crippen LogP contribution in [-0.4, -0.2) is 32.7 Å². The summed E-state index contributed by atoms with van der Waals surface area (Å²) in [6, 6.07) is 10.1. The van der Waals surface area contributed by atoms with E-state index in [0.717, 1.165) is 0 Å². The van der Waals surface area contributed by atoms with E-state index in [4.69, 9.17) is 4.74 Å². The second-order valence-corrected chi connectivity index (χ2v) is 5.31. The molecule has 0 radical (unpaired) electrons. The predicted molar refractivity (Wildman–Crippen MR) is 88.6 cm³/mol. The van der Waals surface area contributed by atoms with Crippen molar-refractivity contribution in [2.45, 2.75) is 20.5 Å². The van der Waals surface area contributed by atoms with E-state index in [1.165, 1.54) is 5.56 Å². The van der Waals surface area contributed by atoms with Gasteiger partial charge in [0.25, 0.3) is 0 Å². The molecule has 0 aromatic heterocycles. The Morgan fingerprint density at radius 2 is 1.86 bits per heavy atom. The molecule has 0 bridgehead atoms. The number of amides is 1. The molecule has 0 spiro atoms. The summed E-state index contributed by atoms with van der Waals surface area (Å²) in [5.41, 5.74) is 1.17. The van der Waals surface area contributed by atoms with E-state index in [2.05, 4.69) is 17.6 Å². The minimum absolute atomic E-state index is 0. The van der Waals surface area contributed by atoms with Crippen molar-refractivity contribution in [3.63, 3.8) is 0 Å². The molecule has 4 nitrogen and oxygen atoms in total. The zero-order valence-corrected chi connectivity index (χ0v) is 13.9. The van der Waals surface area contributed by atoms with Gasteiger partial charge in [-0.25, -0.2) is 0 Å². The number of halogens is 1. The Bertz CT molecular complexity index is 387. The summed E-state index contributed by atoms with van der Waals surface area (Å²) in [4.78, 5) is 11.7. The number of carbonyl (C=O) groups is 1. The van der Waals surface area contributed by atoms with E-state index < -0.39 is 0 Å². The van der Waals surface area contributed by atoms with Crippen molar-refractivity contribution in [1.29, 1.82) is 0 Å². The van der Waals surface area contributed by atoms with Gasteiger partial charge in [-0.05, 0) is 18.5 Å². The molecule has 21 heavy (non-hydrogen) atoms. The van der Waals surface area contributed by atoms with Crippen LogP contribution in [0.3, 0.4) is 0 Å². The second-order valence-electron chi connectivity index (χ2n) is 5.31. The molecule has 2 N–H and O–H groups in total. The minimum atomic E-state index is -0.00237. The number of benzene rings is 1. The first-order chi connectivity index (χ1) is 9.63. The Morgan fingerprint density at radius 1 is 1.19 bits per heavy atom. The first-order valence-electron chi connectivity index (χ1n) is 7.17. The van der Waals surface area contributed by atoms with Crippen molar-refractivity contribution in [2.75, 3.05) is 26.7 Å². The Kier molecular flexibility index (Phi) is 10.9. The van der Waals surface area contributed by atoms with Crippen LogP contribution >= 0.6 is 12.4 Å². The smallest absolute Gasteiger partial charge is 0.224 e. The van der Waals surface area contributed by atoms with Crippen LogP contribution in [0.4, 0.5) is 0 Å². The van der Waals surface area contributed by atoms with Crippen molar-refractivity contribution in [1.82, 2.24) is 10.6 Å². The summed E-state index contributed by atoms with van der Waals surface area (Å²) < 4.78 is 5.66. The molecule has 0 aliphatic carbocycles. The van der Waals surface area contributed by atoms with Gasteiger partial charge in [-0.2, -0.15) is 0 Å². The predicted octanol–water partition coefficient (Wildman–Crippen LogP) is 2.23. The summed E-state index contributed by atoms with van der Waals surface area (Å²) in [5.74, 6) is 0.399. The highest BCUT2D eigenvalue weighted by atomic mass is 35.5. The van der Waals surface area contributed by atoms with Crippen LogP contribution in [-0.2, 0) is 16.1 Å². The Hall–Kier alpha value is -1.10. The van der Waals surface area contributed by atoms with E-state index in [-0.39, 0.29) is 24.2 Å². The molecule has 120 valence electrons. The summed E-state index contributed by atoms with van der Waals surface area (Å²) in [7, 11) is 1.85. The van der Waals surface area contributed by atoms with E-state index in [1.54, 1.807) is 0 Å². The SMILES string of the molecule is CNCC(C)C(=O)NCC(C)COCc1ccccc1.Cl. The average Bonchev–Trinajstić information content (AvgIpc) is 2.46. The topological polar surface area (TPSA) is 50.4 Å².